The summed E-state index contributed by atoms with van der Waals surface area (Å²) in [6.45, 7) is 7.45. The van der Waals surface area contributed by atoms with Crippen LogP contribution in [-0.2, 0) is 7.05 Å². The number of rotatable bonds is 6. The van der Waals surface area contributed by atoms with Crippen LogP contribution in [0, 0.1) is 13.8 Å². The van der Waals surface area contributed by atoms with Gasteiger partial charge in [-0.2, -0.15) is 0 Å². The van der Waals surface area contributed by atoms with E-state index in [1.807, 2.05) is 19.4 Å². The van der Waals surface area contributed by atoms with Crippen LogP contribution in [-0.4, -0.2) is 21.8 Å². The Kier molecular flexibility index (Phi) is 5.26. The number of hydrogen-bond acceptors (Lipinski definition) is 3. The predicted molar refractivity (Wildman–Crippen MR) is 86.3 cm³/mol. The second kappa shape index (κ2) is 6.95. The second-order valence-corrected chi connectivity index (χ2v) is 6.07. The minimum Gasteiger partial charge on any atom is -0.329 e. The number of nitrogens with zero attached hydrogens (tertiary/aromatic N) is 2. The Hall–Kier alpha value is -1.26. The normalized spacial score (nSPS) is 12.6. The van der Waals surface area contributed by atoms with Crippen LogP contribution in [0.4, 0.5) is 0 Å². The third-order valence-electron chi connectivity index (χ3n) is 3.54. The summed E-state index contributed by atoms with van der Waals surface area (Å²) >= 11 is 1.80. The number of benzene rings is 1. The van der Waals surface area contributed by atoms with E-state index in [4.69, 9.17) is 0 Å². The Balaban J connectivity index is 2.10. The molecule has 1 heterocycles. The molecule has 3 nitrogen and oxygen atoms in total. The molecular formula is C16H23N3S. The third-order valence-corrected chi connectivity index (χ3v) is 4.69. The quantitative estimate of drug-likeness (QED) is 0.826. The molecule has 0 bridgehead atoms. The van der Waals surface area contributed by atoms with E-state index >= 15 is 0 Å². The Bertz CT molecular complexity index is 563. The Morgan fingerprint density at radius 1 is 1.30 bits per heavy atom. The van der Waals surface area contributed by atoms with Crippen molar-refractivity contribution in [2.45, 2.75) is 32.0 Å². The van der Waals surface area contributed by atoms with Gasteiger partial charge in [0.05, 0.1) is 0 Å². The lowest BCUT2D eigenvalue weighted by Crippen LogP contribution is -2.23. The third kappa shape index (κ3) is 3.64. The van der Waals surface area contributed by atoms with Crippen LogP contribution < -0.4 is 5.32 Å². The molecule has 0 aliphatic carbocycles. The lowest BCUT2D eigenvalue weighted by molar-refractivity contribution is 0.604. The zero-order chi connectivity index (χ0) is 14.5. The molecule has 1 aromatic heterocycles. The van der Waals surface area contributed by atoms with E-state index in [-0.39, 0.29) is 0 Å². The summed E-state index contributed by atoms with van der Waals surface area (Å²) < 4.78 is 2.06. The van der Waals surface area contributed by atoms with Gasteiger partial charge in [0.2, 0.25) is 0 Å². The molecule has 0 radical (unpaired) electrons. The van der Waals surface area contributed by atoms with E-state index in [2.05, 4.69) is 53.8 Å². The summed E-state index contributed by atoms with van der Waals surface area (Å²) in [6.07, 6.45) is 3.83. The Morgan fingerprint density at radius 2 is 2.10 bits per heavy atom. The van der Waals surface area contributed by atoms with Crippen LogP contribution in [0.3, 0.4) is 0 Å². The molecule has 108 valence electrons. The SMILES string of the molecule is CCNC(CSc1nccn1C)c1ccc(C)c(C)c1. The van der Waals surface area contributed by atoms with Gasteiger partial charge in [-0.05, 0) is 37.1 Å². The van der Waals surface area contributed by atoms with Crippen molar-refractivity contribution in [2.75, 3.05) is 12.3 Å². The minimum absolute atomic E-state index is 0.362. The molecule has 1 N–H and O–H groups in total. The number of imidazole rings is 1. The maximum atomic E-state index is 4.37. The second-order valence-electron chi connectivity index (χ2n) is 5.09. The lowest BCUT2D eigenvalue weighted by atomic mass is 10.0. The highest BCUT2D eigenvalue weighted by Crippen LogP contribution is 2.24. The Morgan fingerprint density at radius 3 is 2.70 bits per heavy atom. The molecule has 2 aromatic rings. The van der Waals surface area contributed by atoms with E-state index in [0.29, 0.717) is 6.04 Å². The monoisotopic (exact) mass is 289 g/mol. The van der Waals surface area contributed by atoms with Crippen molar-refractivity contribution in [1.82, 2.24) is 14.9 Å². The van der Waals surface area contributed by atoms with Crippen molar-refractivity contribution >= 4 is 11.8 Å². The van der Waals surface area contributed by atoms with Crippen LogP contribution in [0.1, 0.15) is 29.7 Å². The molecule has 0 aliphatic rings. The van der Waals surface area contributed by atoms with Crippen molar-refractivity contribution in [3.8, 4) is 0 Å². The maximum absolute atomic E-state index is 4.37. The van der Waals surface area contributed by atoms with Crippen LogP contribution in [0.5, 0.6) is 0 Å². The average Bonchev–Trinajstić information content (AvgIpc) is 2.83. The van der Waals surface area contributed by atoms with Crippen LogP contribution in [0.15, 0.2) is 35.7 Å². The van der Waals surface area contributed by atoms with E-state index < -0.39 is 0 Å². The maximum Gasteiger partial charge on any atom is 0.167 e. The number of thioether (sulfide) groups is 1. The molecular weight excluding hydrogens is 266 g/mol. The van der Waals surface area contributed by atoms with Gasteiger partial charge >= 0.3 is 0 Å². The van der Waals surface area contributed by atoms with E-state index in [9.17, 15) is 0 Å². The molecule has 0 spiro atoms. The molecule has 0 fully saturated rings. The number of aromatic nitrogens is 2. The van der Waals surface area contributed by atoms with Gasteiger partial charge < -0.3 is 9.88 Å². The first-order valence-corrected chi connectivity index (χ1v) is 8.01. The van der Waals surface area contributed by atoms with Gasteiger partial charge in [0.15, 0.2) is 5.16 Å². The minimum atomic E-state index is 0.362. The average molecular weight is 289 g/mol. The topological polar surface area (TPSA) is 29.9 Å². The largest absolute Gasteiger partial charge is 0.329 e. The van der Waals surface area contributed by atoms with E-state index in [1.165, 1.54) is 16.7 Å². The fourth-order valence-corrected chi connectivity index (χ4v) is 3.18. The summed E-state index contributed by atoms with van der Waals surface area (Å²) in [5.41, 5.74) is 4.06. The highest BCUT2D eigenvalue weighted by molar-refractivity contribution is 7.99. The Labute approximate surface area is 125 Å². The van der Waals surface area contributed by atoms with Gasteiger partial charge in [0.25, 0.3) is 0 Å². The first kappa shape index (κ1) is 15.1. The van der Waals surface area contributed by atoms with Crippen LogP contribution in [0.2, 0.25) is 0 Å². The van der Waals surface area contributed by atoms with Gasteiger partial charge in [0, 0.05) is 31.2 Å². The van der Waals surface area contributed by atoms with Crippen molar-refractivity contribution in [3.63, 3.8) is 0 Å². The molecule has 20 heavy (non-hydrogen) atoms. The standard InChI is InChI=1S/C16H23N3S/c1-5-17-15(11-20-16-18-8-9-19(16)4)14-7-6-12(2)13(3)10-14/h6-10,15,17H,5,11H2,1-4H3. The van der Waals surface area contributed by atoms with Crippen molar-refractivity contribution in [1.29, 1.82) is 0 Å². The highest BCUT2D eigenvalue weighted by Gasteiger charge is 2.13. The predicted octanol–water partition coefficient (Wildman–Crippen LogP) is 3.48. The summed E-state index contributed by atoms with van der Waals surface area (Å²) in [7, 11) is 2.04. The van der Waals surface area contributed by atoms with E-state index in [1.54, 1.807) is 11.8 Å². The summed E-state index contributed by atoms with van der Waals surface area (Å²) in [4.78, 5) is 4.37. The van der Waals surface area contributed by atoms with Gasteiger partial charge in [-0.3, -0.25) is 0 Å². The number of nitrogens with one attached hydrogen (secondary N) is 1. The van der Waals surface area contributed by atoms with Crippen LogP contribution in [0.25, 0.3) is 0 Å². The van der Waals surface area contributed by atoms with Crippen molar-refractivity contribution in [3.05, 3.63) is 47.3 Å². The zero-order valence-electron chi connectivity index (χ0n) is 12.7. The molecule has 1 atom stereocenters. The molecule has 2 rings (SSSR count). The summed E-state index contributed by atoms with van der Waals surface area (Å²) in [5, 5.41) is 4.64. The lowest BCUT2D eigenvalue weighted by Gasteiger charge is -2.19. The highest BCUT2D eigenvalue weighted by atomic mass is 32.2. The molecule has 1 aromatic carbocycles. The first-order valence-electron chi connectivity index (χ1n) is 7.02. The van der Waals surface area contributed by atoms with E-state index in [0.717, 1.165) is 17.5 Å². The first-order chi connectivity index (χ1) is 9.61. The molecule has 0 saturated heterocycles. The van der Waals surface area contributed by atoms with Crippen molar-refractivity contribution < 1.29 is 0 Å². The number of aryl methyl sites for hydroxylation is 3. The molecule has 0 aliphatic heterocycles. The zero-order valence-corrected chi connectivity index (χ0v) is 13.5. The van der Waals surface area contributed by atoms with Gasteiger partial charge in [-0.25, -0.2) is 4.98 Å². The van der Waals surface area contributed by atoms with Gasteiger partial charge in [-0.15, -0.1) is 0 Å². The van der Waals surface area contributed by atoms with Gasteiger partial charge in [0.1, 0.15) is 0 Å². The summed E-state index contributed by atoms with van der Waals surface area (Å²) in [6, 6.07) is 7.09. The fraction of sp³-hybridized carbons (Fsp3) is 0.438. The molecule has 1 unspecified atom stereocenters. The molecule has 0 saturated carbocycles. The fourth-order valence-electron chi connectivity index (χ4n) is 2.15. The molecule has 4 heteroatoms. The summed E-state index contributed by atoms with van der Waals surface area (Å²) in [5.74, 6) is 0.987. The van der Waals surface area contributed by atoms with Gasteiger partial charge in [-0.1, -0.05) is 36.9 Å². The van der Waals surface area contributed by atoms with Crippen LogP contribution >= 0.6 is 11.8 Å². The molecule has 0 amide bonds. The number of hydrogen-bond donors (Lipinski definition) is 1. The van der Waals surface area contributed by atoms with Crippen molar-refractivity contribution in [2.24, 2.45) is 7.05 Å². The smallest absolute Gasteiger partial charge is 0.167 e.